The van der Waals surface area contributed by atoms with Crippen molar-refractivity contribution in [3.05, 3.63) is 75.3 Å². The van der Waals surface area contributed by atoms with E-state index in [2.05, 4.69) is 25.4 Å². The summed E-state index contributed by atoms with van der Waals surface area (Å²) in [6, 6.07) is 8.97. The van der Waals surface area contributed by atoms with Crippen molar-refractivity contribution in [1.82, 2.24) is 20.1 Å². The third-order valence-electron chi connectivity index (χ3n) is 4.15. The number of pyridine rings is 1. The normalized spacial score (nSPS) is 10.9. The minimum atomic E-state index is -0.177. The quantitative estimate of drug-likeness (QED) is 0.415. The van der Waals surface area contributed by atoms with Gasteiger partial charge in [-0.3, -0.25) is 9.78 Å². The Kier molecular flexibility index (Phi) is 6.37. The molecule has 10 heteroatoms. The fourth-order valence-corrected chi connectivity index (χ4v) is 4.00. The molecule has 0 bridgehead atoms. The van der Waals surface area contributed by atoms with E-state index in [1.807, 2.05) is 6.07 Å². The highest BCUT2D eigenvalue weighted by Crippen LogP contribution is 2.27. The highest BCUT2D eigenvalue weighted by Gasteiger charge is 2.13. The molecule has 0 aliphatic heterocycles. The van der Waals surface area contributed by atoms with E-state index in [9.17, 15) is 4.79 Å². The lowest BCUT2D eigenvalue weighted by atomic mass is 10.1. The number of aryl methyl sites for hydroxylation is 1. The number of carbonyl (C=O) groups excluding carboxylic acids is 1. The summed E-state index contributed by atoms with van der Waals surface area (Å²) in [7, 11) is 0. The predicted molar refractivity (Wildman–Crippen MR) is 116 cm³/mol. The number of anilines is 1. The number of nitrogens with one attached hydrogen (secondary N) is 1. The summed E-state index contributed by atoms with van der Waals surface area (Å²) in [5, 5.41) is 8.45. The Bertz CT molecular complexity index is 1160. The molecule has 0 saturated carbocycles. The molecule has 4 rings (SSSR count). The van der Waals surface area contributed by atoms with E-state index in [1.54, 1.807) is 42.9 Å². The minimum Gasteiger partial charge on any atom is -0.339 e. The summed E-state index contributed by atoms with van der Waals surface area (Å²) in [6.07, 6.45) is 6.19. The molecule has 3 heterocycles. The number of benzene rings is 1. The van der Waals surface area contributed by atoms with Gasteiger partial charge in [0.15, 0.2) is 5.13 Å². The van der Waals surface area contributed by atoms with Crippen LogP contribution in [0.25, 0.3) is 11.4 Å². The van der Waals surface area contributed by atoms with Crippen molar-refractivity contribution >= 4 is 45.6 Å². The average Bonchev–Trinajstić information content (AvgIpc) is 3.39. The van der Waals surface area contributed by atoms with Gasteiger partial charge in [-0.05, 0) is 29.8 Å². The fraction of sp³-hybridized carbons (Fsp3) is 0.150. The molecule has 0 aliphatic rings. The number of aromatic nitrogens is 4. The molecule has 30 heavy (non-hydrogen) atoms. The first-order valence-electron chi connectivity index (χ1n) is 8.98. The minimum absolute atomic E-state index is 0.177. The van der Waals surface area contributed by atoms with Gasteiger partial charge in [-0.15, -0.1) is 11.3 Å². The van der Waals surface area contributed by atoms with E-state index >= 15 is 0 Å². The molecule has 0 spiro atoms. The van der Waals surface area contributed by atoms with Gasteiger partial charge >= 0.3 is 0 Å². The van der Waals surface area contributed by atoms with Gasteiger partial charge in [0.1, 0.15) is 0 Å². The van der Waals surface area contributed by atoms with E-state index in [0.29, 0.717) is 39.7 Å². The van der Waals surface area contributed by atoms with E-state index in [1.165, 1.54) is 11.3 Å². The van der Waals surface area contributed by atoms with Gasteiger partial charge in [0.25, 0.3) is 0 Å². The molecule has 152 valence electrons. The Hall–Kier alpha value is -2.81. The van der Waals surface area contributed by atoms with E-state index in [4.69, 9.17) is 27.7 Å². The zero-order valence-corrected chi connectivity index (χ0v) is 17.8. The van der Waals surface area contributed by atoms with Gasteiger partial charge in [-0.25, -0.2) is 4.98 Å². The third kappa shape index (κ3) is 5.21. The average molecular weight is 460 g/mol. The van der Waals surface area contributed by atoms with Gasteiger partial charge in [0.05, 0.1) is 0 Å². The third-order valence-corrected chi connectivity index (χ3v) is 5.65. The molecule has 0 fully saturated rings. The van der Waals surface area contributed by atoms with Gasteiger partial charge in [0.2, 0.25) is 17.6 Å². The van der Waals surface area contributed by atoms with E-state index in [-0.39, 0.29) is 12.3 Å². The second-order valence-corrected chi connectivity index (χ2v) is 8.30. The number of nitrogens with zero attached hydrogens (tertiary/aromatic N) is 4. The van der Waals surface area contributed by atoms with E-state index in [0.717, 1.165) is 16.0 Å². The first kappa shape index (κ1) is 20.5. The molecule has 1 N–H and O–H groups in total. The summed E-state index contributed by atoms with van der Waals surface area (Å²) in [5.41, 5.74) is 1.75. The van der Waals surface area contributed by atoms with Crippen LogP contribution in [-0.4, -0.2) is 26.0 Å². The monoisotopic (exact) mass is 459 g/mol. The van der Waals surface area contributed by atoms with Crippen molar-refractivity contribution in [3.8, 4) is 11.4 Å². The standard InChI is InChI=1S/C20H15Cl2N5O2S/c21-14-2-1-13(16(22)10-14)9-15-11-24-20(30-15)25-17(28)3-4-18-26-19(27-29-18)12-5-7-23-8-6-12/h1-2,5-8,10-11H,3-4,9H2,(H,24,25,28). The van der Waals surface area contributed by atoms with Gasteiger partial charge in [-0.2, -0.15) is 4.98 Å². The van der Waals surface area contributed by atoms with Crippen molar-refractivity contribution < 1.29 is 9.32 Å². The van der Waals surface area contributed by atoms with Crippen LogP contribution >= 0.6 is 34.5 Å². The molecule has 0 unspecified atom stereocenters. The highest BCUT2D eigenvalue weighted by molar-refractivity contribution is 7.15. The first-order valence-corrected chi connectivity index (χ1v) is 10.6. The van der Waals surface area contributed by atoms with Crippen LogP contribution in [0.5, 0.6) is 0 Å². The Morgan fingerprint density at radius 1 is 1.17 bits per heavy atom. The van der Waals surface area contributed by atoms with Crippen LogP contribution in [0.2, 0.25) is 10.0 Å². The molecule has 4 aromatic rings. The van der Waals surface area contributed by atoms with Crippen LogP contribution in [0, 0.1) is 0 Å². The molecular weight excluding hydrogens is 445 g/mol. The zero-order valence-electron chi connectivity index (χ0n) is 15.5. The van der Waals surface area contributed by atoms with Crippen molar-refractivity contribution in [2.45, 2.75) is 19.3 Å². The largest absolute Gasteiger partial charge is 0.339 e. The summed E-state index contributed by atoms with van der Waals surface area (Å²) < 4.78 is 5.21. The van der Waals surface area contributed by atoms with Crippen molar-refractivity contribution in [1.29, 1.82) is 0 Å². The topological polar surface area (TPSA) is 93.8 Å². The summed E-state index contributed by atoms with van der Waals surface area (Å²) >= 11 is 13.5. The van der Waals surface area contributed by atoms with Crippen LogP contribution in [0.1, 0.15) is 22.8 Å². The molecule has 3 aromatic heterocycles. The molecule has 0 saturated heterocycles. The van der Waals surface area contributed by atoms with Crippen LogP contribution in [-0.2, 0) is 17.6 Å². The number of carbonyl (C=O) groups is 1. The highest BCUT2D eigenvalue weighted by atomic mass is 35.5. The fourth-order valence-electron chi connectivity index (χ4n) is 2.68. The maximum atomic E-state index is 12.2. The number of halogens is 2. The summed E-state index contributed by atoms with van der Waals surface area (Å²) in [6.45, 7) is 0. The Balaban J connectivity index is 1.30. The number of amides is 1. The van der Waals surface area contributed by atoms with Gasteiger partial charge in [-0.1, -0.05) is 34.4 Å². The van der Waals surface area contributed by atoms with Gasteiger partial charge < -0.3 is 9.84 Å². The second-order valence-electron chi connectivity index (χ2n) is 6.34. The number of hydrogen-bond donors (Lipinski definition) is 1. The first-order chi connectivity index (χ1) is 14.6. The van der Waals surface area contributed by atoms with Crippen LogP contribution in [0.3, 0.4) is 0 Å². The van der Waals surface area contributed by atoms with Crippen LogP contribution < -0.4 is 5.32 Å². The molecule has 0 atom stereocenters. The maximum absolute atomic E-state index is 12.2. The number of thiazole rings is 1. The Labute approximate surface area is 186 Å². The molecule has 0 radical (unpaired) electrons. The lowest BCUT2D eigenvalue weighted by Gasteiger charge is -2.02. The SMILES string of the molecule is O=C(CCc1nc(-c2ccncc2)no1)Nc1ncc(Cc2ccc(Cl)cc2Cl)s1. The van der Waals surface area contributed by atoms with E-state index < -0.39 is 0 Å². The lowest BCUT2D eigenvalue weighted by molar-refractivity contribution is -0.116. The van der Waals surface area contributed by atoms with Gasteiger partial charge in [0, 0.05) is 58.3 Å². The number of rotatable bonds is 7. The molecular formula is C20H15Cl2N5O2S. The van der Waals surface area contributed by atoms with Crippen LogP contribution in [0.4, 0.5) is 5.13 Å². The lowest BCUT2D eigenvalue weighted by Crippen LogP contribution is -2.12. The summed E-state index contributed by atoms with van der Waals surface area (Å²) in [5.74, 6) is 0.691. The maximum Gasteiger partial charge on any atom is 0.227 e. The zero-order chi connectivity index (χ0) is 20.9. The second kappa shape index (κ2) is 9.34. The molecule has 7 nitrogen and oxygen atoms in total. The molecule has 1 aromatic carbocycles. The molecule has 0 aliphatic carbocycles. The van der Waals surface area contributed by atoms with Crippen LogP contribution in [0.15, 0.2) is 53.4 Å². The Morgan fingerprint density at radius 2 is 2.00 bits per heavy atom. The van der Waals surface area contributed by atoms with Crippen molar-refractivity contribution in [3.63, 3.8) is 0 Å². The predicted octanol–water partition coefficient (Wildman–Crippen LogP) is 5.06. The number of hydrogen-bond acceptors (Lipinski definition) is 7. The smallest absolute Gasteiger partial charge is 0.227 e. The summed E-state index contributed by atoms with van der Waals surface area (Å²) in [4.78, 5) is 25.7. The molecule has 1 amide bonds. The van der Waals surface area contributed by atoms with Crippen molar-refractivity contribution in [2.24, 2.45) is 0 Å². The Morgan fingerprint density at radius 3 is 2.80 bits per heavy atom. The van der Waals surface area contributed by atoms with Crippen molar-refractivity contribution in [2.75, 3.05) is 5.32 Å².